The Morgan fingerprint density at radius 2 is 1.96 bits per heavy atom. The smallest absolute Gasteiger partial charge is 0.238 e. The van der Waals surface area contributed by atoms with Gasteiger partial charge in [0.25, 0.3) is 0 Å². The standard InChI is InChI=1S/C19H31N3O3/c1-5-24-15-8-7-14(11-16(15)25-6-2)21-18(23)12-22-10-9-17(20)19(3,4)13-22/h7-8,11,17H,5-6,9-10,12-13,20H2,1-4H3,(H,21,23). The monoisotopic (exact) mass is 349 g/mol. The van der Waals surface area contributed by atoms with Gasteiger partial charge in [0.2, 0.25) is 5.91 Å². The van der Waals surface area contributed by atoms with Crippen LogP contribution in [0.15, 0.2) is 18.2 Å². The summed E-state index contributed by atoms with van der Waals surface area (Å²) < 4.78 is 11.1. The lowest BCUT2D eigenvalue weighted by molar-refractivity contribution is -0.118. The topological polar surface area (TPSA) is 76.8 Å². The van der Waals surface area contributed by atoms with Crippen LogP contribution in [-0.2, 0) is 4.79 Å². The van der Waals surface area contributed by atoms with Gasteiger partial charge in [0.15, 0.2) is 11.5 Å². The second-order valence-corrected chi connectivity index (χ2v) is 7.17. The third kappa shape index (κ3) is 5.34. The van der Waals surface area contributed by atoms with E-state index in [0.29, 0.717) is 36.9 Å². The SMILES string of the molecule is CCOc1ccc(NC(=O)CN2CCC(N)C(C)(C)C2)cc1OCC. The van der Waals surface area contributed by atoms with Crippen LogP contribution < -0.4 is 20.5 Å². The molecule has 1 saturated heterocycles. The van der Waals surface area contributed by atoms with Crippen LogP contribution in [0.5, 0.6) is 11.5 Å². The lowest BCUT2D eigenvalue weighted by Crippen LogP contribution is -2.53. The third-order valence-electron chi connectivity index (χ3n) is 4.59. The van der Waals surface area contributed by atoms with Crippen LogP contribution in [0.2, 0.25) is 0 Å². The molecule has 0 aliphatic carbocycles. The van der Waals surface area contributed by atoms with Crippen molar-refractivity contribution in [3.05, 3.63) is 18.2 Å². The van der Waals surface area contributed by atoms with Gasteiger partial charge in [-0.3, -0.25) is 9.69 Å². The number of piperidine rings is 1. The number of nitrogens with one attached hydrogen (secondary N) is 1. The number of ether oxygens (including phenoxy) is 2. The summed E-state index contributed by atoms with van der Waals surface area (Å²) in [5.41, 5.74) is 6.90. The molecule has 140 valence electrons. The minimum atomic E-state index is -0.0297. The molecule has 1 aliphatic heterocycles. The predicted molar refractivity (Wildman–Crippen MR) is 100 cm³/mol. The van der Waals surface area contributed by atoms with E-state index in [4.69, 9.17) is 15.2 Å². The van der Waals surface area contributed by atoms with Crippen LogP contribution in [0.3, 0.4) is 0 Å². The van der Waals surface area contributed by atoms with Gasteiger partial charge >= 0.3 is 0 Å². The van der Waals surface area contributed by atoms with E-state index >= 15 is 0 Å². The van der Waals surface area contributed by atoms with Crippen molar-refractivity contribution in [2.75, 3.05) is 38.2 Å². The molecule has 6 heteroatoms. The lowest BCUT2D eigenvalue weighted by atomic mass is 9.80. The number of hydrogen-bond acceptors (Lipinski definition) is 5. The first-order valence-corrected chi connectivity index (χ1v) is 9.03. The fourth-order valence-electron chi connectivity index (χ4n) is 3.15. The molecule has 1 aromatic rings. The lowest BCUT2D eigenvalue weighted by Gasteiger charge is -2.42. The molecule has 1 unspecified atom stereocenters. The van der Waals surface area contributed by atoms with Crippen LogP contribution in [0.4, 0.5) is 5.69 Å². The zero-order chi connectivity index (χ0) is 18.4. The summed E-state index contributed by atoms with van der Waals surface area (Å²) >= 11 is 0. The third-order valence-corrected chi connectivity index (χ3v) is 4.59. The van der Waals surface area contributed by atoms with E-state index < -0.39 is 0 Å². The molecule has 1 aliphatic rings. The zero-order valence-corrected chi connectivity index (χ0v) is 15.8. The number of anilines is 1. The van der Waals surface area contributed by atoms with Crippen LogP contribution in [-0.4, -0.2) is 49.7 Å². The van der Waals surface area contributed by atoms with Gasteiger partial charge in [-0.25, -0.2) is 0 Å². The largest absolute Gasteiger partial charge is 0.490 e. The van der Waals surface area contributed by atoms with E-state index in [1.165, 1.54) is 0 Å². The van der Waals surface area contributed by atoms with E-state index in [9.17, 15) is 4.79 Å². The molecule has 0 spiro atoms. The number of rotatable bonds is 7. The zero-order valence-electron chi connectivity index (χ0n) is 15.8. The van der Waals surface area contributed by atoms with Gasteiger partial charge in [-0.1, -0.05) is 13.8 Å². The second kappa shape index (κ2) is 8.54. The molecular weight excluding hydrogens is 318 g/mol. The van der Waals surface area contributed by atoms with E-state index in [-0.39, 0.29) is 17.4 Å². The molecular formula is C19H31N3O3. The van der Waals surface area contributed by atoms with Gasteiger partial charge in [-0.2, -0.15) is 0 Å². The summed E-state index contributed by atoms with van der Waals surface area (Å²) in [5.74, 6) is 1.30. The number of carbonyl (C=O) groups is 1. The van der Waals surface area contributed by atoms with Crippen LogP contribution in [0, 0.1) is 5.41 Å². The maximum atomic E-state index is 12.4. The Labute approximate surface area is 150 Å². The second-order valence-electron chi connectivity index (χ2n) is 7.17. The quantitative estimate of drug-likeness (QED) is 0.791. The highest BCUT2D eigenvalue weighted by Gasteiger charge is 2.33. The highest BCUT2D eigenvalue weighted by Crippen LogP contribution is 2.31. The van der Waals surface area contributed by atoms with Gasteiger partial charge in [-0.15, -0.1) is 0 Å². The van der Waals surface area contributed by atoms with Gasteiger partial charge in [-0.05, 0) is 37.8 Å². The molecule has 0 bridgehead atoms. The maximum absolute atomic E-state index is 12.4. The van der Waals surface area contributed by atoms with Crippen molar-refractivity contribution in [2.45, 2.75) is 40.2 Å². The van der Waals surface area contributed by atoms with E-state index in [0.717, 1.165) is 19.5 Å². The van der Waals surface area contributed by atoms with Gasteiger partial charge < -0.3 is 20.5 Å². The Balaban J connectivity index is 1.97. The molecule has 25 heavy (non-hydrogen) atoms. The Hall–Kier alpha value is -1.79. The number of benzene rings is 1. The average molecular weight is 349 g/mol. The first kappa shape index (κ1) is 19.5. The highest BCUT2D eigenvalue weighted by molar-refractivity contribution is 5.92. The molecule has 0 saturated carbocycles. The maximum Gasteiger partial charge on any atom is 0.238 e. The Bertz CT molecular complexity index is 589. The first-order chi connectivity index (χ1) is 11.9. The Morgan fingerprint density at radius 1 is 1.28 bits per heavy atom. The number of likely N-dealkylation sites (tertiary alicyclic amines) is 1. The molecule has 1 amide bonds. The van der Waals surface area contributed by atoms with E-state index in [2.05, 4.69) is 24.1 Å². The van der Waals surface area contributed by atoms with Crippen molar-refractivity contribution in [2.24, 2.45) is 11.1 Å². The number of hydrogen-bond donors (Lipinski definition) is 2. The Kier molecular flexibility index (Phi) is 6.67. The summed E-state index contributed by atoms with van der Waals surface area (Å²) in [5, 5.41) is 2.95. The predicted octanol–water partition coefficient (Wildman–Crippen LogP) is 2.48. The summed E-state index contributed by atoms with van der Waals surface area (Å²) in [6.45, 7) is 11.3. The minimum Gasteiger partial charge on any atom is -0.490 e. The van der Waals surface area contributed by atoms with Crippen LogP contribution in [0.1, 0.15) is 34.1 Å². The summed E-state index contributed by atoms with van der Waals surface area (Å²) in [7, 11) is 0. The van der Waals surface area contributed by atoms with Crippen molar-refractivity contribution in [3.63, 3.8) is 0 Å². The van der Waals surface area contributed by atoms with Crippen molar-refractivity contribution in [1.29, 1.82) is 0 Å². The van der Waals surface area contributed by atoms with Crippen molar-refractivity contribution in [1.82, 2.24) is 4.90 Å². The molecule has 1 heterocycles. The minimum absolute atomic E-state index is 0.0276. The molecule has 3 N–H and O–H groups in total. The molecule has 0 aromatic heterocycles. The summed E-state index contributed by atoms with van der Waals surface area (Å²) in [6.07, 6.45) is 0.915. The fraction of sp³-hybridized carbons (Fsp3) is 0.632. The molecule has 2 rings (SSSR count). The van der Waals surface area contributed by atoms with Crippen molar-refractivity contribution < 1.29 is 14.3 Å². The van der Waals surface area contributed by atoms with Gasteiger partial charge in [0.05, 0.1) is 19.8 Å². The van der Waals surface area contributed by atoms with Gasteiger partial charge in [0.1, 0.15) is 0 Å². The molecule has 1 fully saturated rings. The normalized spacial score (nSPS) is 20.1. The number of nitrogens with two attached hydrogens (primary N) is 1. The average Bonchev–Trinajstić information content (AvgIpc) is 2.53. The first-order valence-electron chi connectivity index (χ1n) is 9.03. The van der Waals surface area contributed by atoms with Crippen molar-refractivity contribution >= 4 is 11.6 Å². The number of nitrogens with zero attached hydrogens (tertiary/aromatic N) is 1. The van der Waals surface area contributed by atoms with Crippen LogP contribution >= 0.6 is 0 Å². The number of carbonyl (C=O) groups excluding carboxylic acids is 1. The van der Waals surface area contributed by atoms with E-state index in [1.54, 1.807) is 0 Å². The Morgan fingerprint density at radius 3 is 2.60 bits per heavy atom. The fourth-order valence-corrected chi connectivity index (χ4v) is 3.15. The molecule has 1 atom stereocenters. The van der Waals surface area contributed by atoms with Crippen molar-refractivity contribution in [3.8, 4) is 11.5 Å². The molecule has 6 nitrogen and oxygen atoms in total. The van der Waals surface area contributed by atoms with E-state index in [1.807, 2.05) is 32.0 Å². The van der Waals surface area contributed by atoms with Crippen LogP contribution in [0.25, 0.3) is 0 Å². The number of amides is 1. The van der Waals surface area contributed by atoms with Gasteiger partial charge in [0, 0.05) is 30.9 Å². The summed E-state index contributed by atoms with van der Waals surface area (Å²) in [4.78, 5) is 14.6. The highest BCUT2D eigenvalue weighted by atomic mass is 16.5. The molecule has 0 radical (unpaired) electrons. The molecule has 1 aromatic carbocycles. The summed E-state index contributed by atoms with van der Waals surface area (Å²) in [6, 6.07) is 5.66.